The summed E-state index contributed by atoms with van der Waals surface area (Å²) in [6.45, 7) is 5.13. The van der Waals surface area contributed by atoms with Crippen LogP contribution in [-0.4, -0.2) is 47.4 Å². The summed E-state index contributed by atoms with van der Waals surface area (Å²) < 4.78 is 4.95. The Hall–Kier alpha value is -0.260. The first-order chi connectivity index (χ1) is 8.57. The van der Waals surface area contributed by atoms with Crippen molar-refractivity contribution in [2.24, 2.45) is 0 Å². The third-order valence-corrected chi connectivity index (χ3v) is 4.84. The van der Waals surface area contributed by atoms with Crippen LogP contribution in [0.1, 0.15) is 39.5 Å². The summed E-state index contributed by atoms with van der Waals surface area (Å²) in [5.41, 5.74) is -0.502. The molecule has 1 rings (SSSR count). The second-order valence-electron chi connectivity index (χ2n) is 4.99. The standard InChI is InChI=1S/C13H25NO3S/c1-4-7-14-13(12(16)17-3)6-5-11(8-13)18-10(2)9-15/h10-11,14-15H,4-9H2,1-3H3. The van der Waals surface area contributed by atoms with Crippen molar-refractivity contribution in [3.05, 3.63) is 0 Å². The smallest absolute Gasteiger partial charge is 0.326 e. The van der Waals surface area contributed by atoms with E-state index in [0.717, 1.165) is 32.2 Å². The Labute approximate surface area is 114 Å². The molecular weight excluding hydrogens is 250 g/mol. The predicted octanol–water partition coefficient (Wildman–Crippen LogP) is 1.56. The van der Waals surface area contributed by atoms with E-state index in [1.165, 1.54) is 7.11 Å². The SMILES string of the molecule is CCCNC1(C(=O)OC)CCC(SC(C)CO)C1. The minimum absolute atomic E-state index is 0.143. The van der Waals surface area contributed by atoms with Gasteiger partial charge in [0.15, 0.2) is 0 Å². The van der Waals surface area contributed by atoms with E-state index < -0.39 is 5.54 Å². The summed E-state index contributed by atoms with van der Waals surface area (Å²) in [7, 11) is 1.45. The van der Waals surface area contributed by atoms with Crippen LogP contribution in [0, 0.1) is 0 Å². The predicted molar refractivity (Wildman–Crippen MR) is 74.8 cm³/mol. The van der Waals surface area contributed by atoms with Gasteiger partial charge in [0.05, 0.1) is 13.7 Å². The van der Waals surface area contributed by atoms with Crippen LogP contribution < -0.4 is 5.32 Å². The number of ether oxygens (including phenoxy) is 1. The van der Waals surface area contributed by atoms with Crippen molar-refractivity contribution in [1.29, 1.82) is 0 Å². The molecule has 5 heteroatoms. The molecule has 0 bridgehead atoms. The van der Waals surface area contributed by atoms with Crippen LogP contribution in [0.3, 0.4) is 0 Å². The minimum Gasteiger partial charge on any atom is -0.468 e. The number of carbonyl (C=O) groups is 1. The quantitative estimate of drug-likeness (QED) is 0.691. The lowest BCUT2D eigenvalue weighted by Crippen LogP contribution is -2.51. The number of hydrogen-bond donors (Lipinski definition) is 2. The maximum absolute atomic E-state index is 12.0. The van der Waals surface area contributed by atoms with Gasteiger partial charge in [-0.3, -0.25) is 4.79 Å². The summed E-state index contributed by atoms with van der Waals surface area (Å²) in [5.74, 6) is -0.143. The zero-order valence-corrected chi connectivity index (χ0v) is 12.4. The van der Waals surface area contributed by atoms with Gasteiger partial charge in [0, 0.05) is 10.5 Å². The van der Waals surface area contributed by atoms with Crippen LogP contribution in [-0.2, 0) is 9.53 Å². The highest BCUT2D eigenvalue weighted by molar-refractivity contribution is 8.00. The highest BCUT2D eigenvalue weighted by Crippen LogP contribution is 2.39. The van der Waals surface area contributed by atoms with Gasteiger partial charge in [-0.05, 0) is 32.2 Å². The maximum Gasteiger partial charge on any atom is 0.326 e. The highest BCUT2D eigenvalue weighted by Gasteiger charge is 2.46. The molecule has 1 aliphatic carbocycles. The van der Waals surface area contributed by atoms with Crippen LogP contribution in [0.25, 0.3) is 0 Å². The van der Waals surface area contributed by atoms with Crippen molar-refractivity contribution in [2.45, 2.75) is 55.6 Å². The Morgan fingerprint density at radius 1 is 1.67 bits per heavy atom. The van der Waals surface area contributed by atoms with Gasteiger partial charge in [-0.25, -0.2) is 0 Å². The fraction of sp³-hybridized carbons (Fsp3) is 0.923. The first kappa shape index (κ1) is 15.8. The number of thioether (sulfide) groups is 1. The number of nitrogens with one attached hydrogen (secondary N) is 1. The van der Waals surface area contributed by atoms with Gasteiger partial charge in [-0.1, -0.05) is 13.8 Å². The summed E-state index contributed by atoms with van der Waals surface area (Å²) in [5, 5.41) is 13.1. The lowest BCUT2D eigenvalue weighted by atomic mass is 9.97. The Bertz CT molecular complexity index is 275. The average Bonchev–Trinajstić information content (AvgIpc) is 2.79. The molecule has 18 heavy (non-hydrogen) atoms. The van der Waals surface area contributed by atoms with E-state index in [4.69, 9.17) is 9.84 Å². The second-order valence-corrected chi connectivity index (χ2v) is 6.74. The summed E-state index contributed by atoms with van der Waals surface area (Å²) >= 11 is 1.77. The van der Waals surface area contributed by atoms with E-state index >= 15 is 0 Å². The molecule has 2 N–H and O–H groups in total. The third-order valence-electron chi connectivity index (χ3n) is 3.44. The Morgan fingerprint density at radius 2 is 2.39 bits per heavy atom. The molecular formula is C13H25NO3S. The fourth-order valence-electron chi connectivity index (χ4n) is 2.47. The van der Waals surface area contributed by atoms with Gasteiger partial charge in [-0.15, -0.1) is 0 Å². The number of rotatable bonds is 7. The van der Waals surface area contributed by atoms with Crippen LogP contribution in [0.4, 0.5) is 0 Å². The van der Waals surface area contributed by atoms with Crippen molar-refractivity contribution in [3.63, 3.8) is 0 Å². The molecule has 0 radical (unpaired) electrons. The molecule has 106 valence electrons. The van der Waals surface area contributed by atoms with Crippen molar-refractivity contribution in [2.75, 3.05) is 20.3 Å². The topological polar surface area (TPSA) is 58.6 Å². The summed E-state index contributed by atoms with van der Waals surface area (Å²) in [6, 6.07) is 0. The normalized spacial score (nSPS) is 29.2. The van der Waals surface area contributed by atoms with Gasteiger partial charge in [0.1, 0.15) is 5.54 Å². The lowest BCUT2D eigenvalue weighted by Gasteiger charge is -2.28. The monoisotopic (exact) mass is 275 g/mol. The second kappa shape index (κ2) is 7.36. The van der Waals surface area contributed by atoms with Gasteiger partial charge in [0.25, 0.3) is 0 Å². The van der Waals surface area contributed by atoms with Crippen LogP contribution in [0.15, 0.2) is 0 Å². The fourth-order valence-corrected chi connectivity index (χ4v) is 3.84. The number of carbonyl (C=O) groups excluding carboxylic acids is 1. The molecule has 1 fully saturated rings. The summed E-state index contributed by atoms with van der Waals surface area (Å²) in [4.78, 5) is 12.0. The van der Waals surface area contributed by atoms with Gasteiger partial charge in [0.2, 0.25) is 0 Å². The minimum atomic E-state index is -0.502. The molecule has 3 atom stereocenters. The van der Waals surface area contributed by atoms with Gasteiger partial charge >= 0.3 is 5.97 Å². The van der Waals surface area contributed by atoms with E-state index in [2.05, 4.69) is 12.2 Å². The van der Waals surface area contributed by atoms with Crippen molar-refractivity contribution < 1.29 is 14.6 Å². The van der Waals surface area contributed by atoms with E-state index in [1.807, 2.05) is 6.92 Å². The molecule has 1 saturated carbocycles. The molecule has 4 nitrogen and oxygen atoms in total. The van der Waals surface area contributed by atoms with Crippen molar-refractivity contribution in [3.8, 4) is 0 Å². The third kappa shape index (κ3) is 3.87. The molecule has 0 aliphatic heterocycles. The number of aliphatic hydroxyl groups is 1. The molecule has 0 aromatic rings. The lowest BCUT2D eigenvalue weighted by molar-refractivity contribution is -0.148. The number of aliphatic hydroxyl groups excluding tert-OH is 1. The van der Waals surface area contributed by atoms with Gasteiger partial charge < -0.3 is 15.2 Å². The largest absolute Gasteiger partial charge is 0.468 e. The first-order valence-corrected chi connectivity index (χ1v) is 7.62. The molecule has 0 aromatic carbocycles. The van der Waals surface area contributed by atoms with E-state index in [1.54, 1.807) is 11.8 Å². The number of methoxy groups -OCH3 is 1. The van der Waals surface area contributed by atoms with E-state index in [0.29, 0.717) is 5.25 Å². The first-order valence-electron chi connectivity index (χ1n) is 6.67. The summed E-state index contributed by atoms with van der Waals surface area (Å²) in [6.07, 6.45) is 3.63. The van der Waals surface area contributed by atoms with E-state index in [-0.39, 0.29) is 17.8 Å². The molecule has 0 saturated heterocycles. The van der Waals surface area contributed by atoms with Crippen molar-refractivity contribution in [1.82, 2.24) is 5.32 Å². The van der Waals surface area contributed by atoms with Crippen LogP contribution in [0.5, 0.6) is 0 Å². The molecule has 0 aromatic heterocycles. The van der Waals surface area contributed by atoms with Crippen molar-refractivity contribution >= 4 is 17.7 Å². The molecule has 3 unspecified atom stereocenters. The molecule has 1 aliphatic rings. The highest BCUT2D eigenvalue weighted by atomic mass is 32.2. The number of esters is 1. The van der Waals surface area contributed by atoms with E-state index in [9.17, 15) is 4.79 Å². The van der Waals surface area contributed by atoms with Crippen LogP contribution in [0.2, 0.25) is 0 Å². The molecule has 0 amide bonds. The Balaban J connectivity index is 2.62. The Morgan fingerprint density at radius 3 is 2.94 bits per heavy atom. The molecule has 0 spiro atoms. The zero-order chi connectivity index (χ0) is 13.6. The number of hydrogen-bond acceptors (Lipinski definition) is 5. The average molecular weight is 275 g/mol. The zero-order valence-electron chi connectivity index (χ0n) is 11.6. The van der Waals surface area contributed by atoms with Crippen LogP contribution >= 0.6 is 11.8 Å². The maximum atomic E-state index is 12.0. The Kier molecular flexibility index (Phi) is 6.46. The van der Waals surface area contributed by atoms with Gasteiger partial charge in [-0.2, -0.15) is 11.8 Å². The molecule has 0 heterocycles.